The Morgan fingerprint density at radius 2 is 1.65 bits per heavy atom. The number of anilines is 1. The number of rotatable bonds is 12. The standard InChI is InChI=1S/C25H28Cl2N2O8S2.Na/c1-2-17(13-24-28(9-3-11-38(30,31)32)20-15-18(26)5-7-22(20)36-24)14-25-29(10-4-12-39(33,34)35)21-16-19(27)6-8-23(21)37-25;/h5-8,13,15-17H,2-4,9-12,14H2,1H3,(H-,30,31,32,33,34,35);/q;+1/p-1. The summed E-state index contributed by atoms with van der Waals surface area (Å²) in [4.78, 5) is 1.79. The minimum atomic E-state index is -4.37. The van der Waals surface area contributed by atoms with Crippen molar-refractivity contribution in [3.63, 3.8) is 0 Å². The van der Waals surface area contributed by atoms with Gasteiger partial charge < -0.3 is 23.2 Å². The third-order valence-electron chi connectivity index (χ3n) is 6.32. The van der Waals surface area contributed by atoms with Crippen LogP contribution in [0.15, 0.2) is 52.8 Å². The molecule has 1 aliphatic heterocycles. The zero-order valence-electron chi connectivity index (χ0n) is 22.0. The SMILES string of the molecule is CCC(C=C1Oc2ccc(Cl)cc2N1CCCS(=O)(=O)[O-])Cc1oc2ccc(Cl)cc2[n+]1CCCS(=O)(=O)[O-].[Na+]. The molecule has 0 saturated heterocycles. The second-order valence-corrected chi connectivity index (χ2v) is 13.2. The molecule has 2 aromatic carbocycles. The largest absolute Gasteiger partial charge is 1.00 e. The fourth-order valence-electron chi connectivity index (χ4n) is 4.48. The molecule has 0 fully saturated rings. The van der Waals surface area contributed by atoms with Gasteiger partial charge in [0.25, 0.3) is 5.52 Å². The van der Waals surface area contributed by atoms with E-state index in [0.717, 1.165) is 0 Å². The number of hydrogen-bond donors (Lipinski definition) is 0. The summed E-state index contributed by atoms with van der Waals surface area (Å²) < 4.78 is 81.0. The van der Waals surface area contributed by atoms with E-state index in [1.807, 2.05) is 17.6 Å². The van der Waals surface area contributed by atoms with E-state index < -0.39 is 31.7 Å². The molecule has 1 atom stereocenters. The van der Waals surface area contributed by atoms with Crippen molar-refractivity contribution >= 4 is 60.2 Å². The van der Waals surface area contributed by atoms with Crippen LogP contribution in [0, 0.1) is 5.92 Å². The van der Waals surface area contributed by atoms with Crippen LogP contribution in [0.25, 0.3) is 11.1 Å². The predicted molar refractivity (Wildman–Crippen MR) is 145 cm³/mol. The zero-order chi connectivity index (χ0) is 28.4. The number of ether oxygens (including phenoxy) is 1. The van der Waals surface area contributed by atoms with E-state index >= 15 is 0 Å². The number of oxazole rings is 1. The van der Waals surface area contributed by atoms with Crippen LogP contribution in [0.2, 0.25) is 10.0 Å². The molecule has 1 unspecified atom stereocenters. The number of halogens is 2. The summed E-state index contributed by atoms with van der Waals surface area (Å²) in [6, 6.07) is 10.3. The molecule has 0 spiro atoms. The summed E-state index contributed by atoms with van der Waals surface area (Å²) in [6.07, 6.45) is 3.21. The van der Waals surface area contributed by atoms with Crippen LogP contribution in [-0.2, 0) is 33.2 Å². The Hall–Kier alpha value is -1.35. The number of nitrogens with zero attached hydrogens (tertiary/aromatic N) is 2. The fraction of sp³-hybridized carbons (Fsp3) is 0.400. The number of aromatic nitrogens is 1. The Kier molecular flexibility index (Phi) is 11.4. The van der Waals surface area contributed by atoms with E-state index in [1.165, 1.54) is 0 Å². The summed E-state index contributed by atoms with van der Waals surface area (Å²) in [5.41, 5.74) is 1.92. The molecule has 2 heterocycles. The smallest absolute Gasteiger partial charge is 0.748 e. The van der Waals surface area contributed by atoms with Gasteiger partial charge in [0.15, 0.2) is 18.2 Å². The van der Waals surface area contributed by atoms with Gasteiger partial charge >= 0.3 is 35.4 Å². The Bertz CT molecular complexity index is 1610. The van der Waals surface area contributed by atoms with Gasteiger partial charge in [-0.15, -0.1) is 0 Å². The number of hydrogen-bond acceptors (Lipinski definition) is 9. The van der Waals surface area contributed by atoms with Crippen LogP contribution in [0.3, 0.4) is 0 Å². The van der Waals surface area contributed by atoms with Gasteiger partial charge in [-0.3, -0.25) is 0 Å². The van der Waals surface area contributed by atoms with E-state index in [4.69, 9.17) is 32.4 Å². The average molecular weight is 642 g/mol. The molecule has 0 radical (unpaired) electrons. The van der Waals surface area contributed by atoms with Gasteiger partial charge in [-0.1, -0.05) is 30.1 Å². The van der Waals surface area contributed by atoms with Gasteiger partial charge in [-0.05, 0) is 55.2 Å². The predicted octanol–water partition coefficient (Wildman–Crippen LogP) is 1.21. The Morgan fingerprint density at radius 3 is 2.33 bits per heavy atom. The molecule has 3 aromatic rings. The van der Waals surface area contributed by atoms with Gasteiger partial charge in [-0.25, -0.2) is 16.8 Å². The Labute approximate surface area is 265 Å². The van der Waals surface area contributed by atoms with E-state index in [0.29, 0.717) is 57.2 Å². The topological polar surface area (TPSA) is 144 Å². The van der Waals surface area contributed by atoms with Crippen LogP contribution in [0.1, 0.15) is 32.1 Å². The maximum Gasteiger partial charge on any atom is 1.00 e. The molecule has 4 rings (SSSR count). The van der Waals surface area contributed by atoms with Crippen molar-refractivity contribution in [3.05, 3.63) is 64.3 Å². The van der Waals surface area contributed by atoms with Gasteiger partial charge in [0.1, 0.15) is 0 Å². The van der Waals surface area contributed by atoms with E-state index in [-0.39, 0.29) is 61.4 Å². The first-order valence-corrected chi connectivity index (χ1v) is 16.2. The monoisotopic (exact) mass is 640 g/mol. The summed E-state index contributed by atoms with van der Waals surface area (Å²) in [5.74, 6) is 0.479. The minimum Gasteiger partial charge on any atom is -0.748 e. The average Bonchev–Trinajstić information content (AvgIpc) is 3.34. The molecule has 212 valence electrons. The molecule has 15 heteroatoms. The third kappa shape index (κ3) is 8.83. The molecular weight excluding hydrogens is 614 g/mol. The van der Waals surface area contributed by atoms with Crippen LogP contribution >= 0.6 is 23.2 Å². The molecule has 1 aliphatic rings. The normalized spacial score (nSPS) is 15.2. The minimum absolute atomic E-state index is 0. The van der Waals surface area contributed by atoms with Gasteiger partial charge in [0.2, 0.25) is 5.58 Å². The first-order valence-electron chi connectivity index (χ1n) is 12.3. The van der Waals surface area contributed by atoms with Crippen LogP contribution in [-0.4, -0.2) is 44.0 Å². The second kappa shape index (κ2) is 13.7. The molecule has 0 N–H and O–H groups in total. The number of fused-ring (bicyclic) bond motifs is 2. The molecule has 40 heavy (non-hydrogen) atoms. The third-order valence-corrected chi connectivity index (χ3v) is 8.37. The maximum absolute atomic E-state index is 11.2. The Morgan fingerprint density at radius 1 is 1.00 bits per heavy atom. The summed E-state index contributed by atoms with van der Waals surface area (Å²) in [6.45, 7) is 2.46. The van der Waals surface area contributed by atoms with Crippen molar-refractivity contribution < 1.29 is 69.2 Å². The van der Waals surface area contributed by atoms with Crippen LogP contribution in [0.4, 0.5) is 5.69 Å². The van der Waals surface area contributed by atoms with Crippen LogP contribution in [0.5, 0.6) is 5.75 Å². The quantitative estimate of drug-likeness (QED) is 0.162. The molecule has 10 nitrogen and oxygen atoms in total. The summed E-state index contributed by atoms with van der Waals surface area (Å²) in [7, 11) is -8.74. The fourth-order valence-corrected chi connectivity index (χ4v) is 5.77. The Balaban J connectivity index is 0.00000441. The maximum atomic E-state index is 11.2. The van der Waals surface area contributed by atoms with E-state index in [9.17, 15) is 25.9 Å². The molecule has 0 amide bonds. The molecular formula is C25H27Cl2N2NaO8S2. The number of benzene rings is 2. The molecule has 1 aromatic heterocycles. The number of aryl methyl sites for hydroxylation is 1. The summed E-state index contributed by atoms with van der Waals surface area (Å²) >= 11 is 12.4. The summed E-state index contributed by atoms with van der Waals surface area (Å²) in [5, 5.41) is 0.967. The van der Waals surface area contributed by atoms with Crippen molar-refractivity contribution in [1.82, 2.24) is 0 Å². The van der Waals surface area contributed by atoms with Crippen molar-refractivity contribution in [2.75, 3.05) is 23.0 Å². The van der Waals surface area contributed by atoms with Gasteiger partial charge in [0.05, 0.1) is 32.3 Å². The van der Waals surface area contributed by atoms with Crippen molar-refractivity contribution in [1.29, 1.82) is 0 Å². The first kappa shape index (κ1) is 33.2. The second-order valence-electron chi connectivity index (χ2n) is 9.23. The van der Waals surface area contributed by atoms with Crippen molar-refractivity contribution in [2.45, 2.75) is 39.2 Å². The zero-order valence-corrected chi connectivity index (χ0v) is 27.2. The van der Waals surface area contributed by atoms with Crippen LogP contribution < -0.4 is 43.8 Å². The van der Waals surface area contributed by atoms with Gasteiger partial charge in [0, 0.05) is 40.6 Å². The van der Waals surface area contributed by atoms with E-state index in [2.05, 4.69) is 0 Å². The first-order chi connectivity index (χ1) is 18.3. The number of allylic oxidation sites excluding steroid dienone is 1. The van der Waals surface area contributed by atoms with E-state index in [1.54, 1.807) is 41.3 Å². The molecule has 0 aliphatic carbocycles. The molecule has 0 saturated carbocycles. The van der Waals surface area contributed by atoms with Gasteiger partial charge in [-0.2, -0.15) is 4.57 Å². The van der Waals surface area contributed by atoms with Crippen molar-refractivity contribution in [2.24, 2.45) is 5.92 Å². The van der Waals surface area contributed by atoms with Crippen molar-refractivity contribution in [3.8, 4) is 5.75 Å². The molecule has 0 bridgehead atoms.